The van der Waals surface area contributed by atoms with Crippen molar-refractivity contribution in [3.05, 3.63) is 65.5 Å². The number of carbonyl (C=O) groups excluding carboxylic acids is 1. The maximum atomic E-state index is 13.7. The second-order valence-electron chi connectivity index (χ2n) is 6.59. The van der Waals surface area contributed by atoms with Crippen LogP contribution in [0.25, 0.3) is 0 Å². The van der Waals surface area contributed by atoms with E-state index in [0.717, 1.165) is 31.8 Å². The number of benzene rings is 2. The molecule has 1 aliphatic rings. The summed E-state index contributed by atoms with van der Waals surface area (Å²) in [6.45, 7) is 4.07. The van der Waals surface area contributed by atoms with Crippen LogP contribution in [0.2, 0.25) is 0 Å². The van der Waals surface area contributed by atoms with Gasteiger partial charge < -0.3 is 9.64 Å². The second-order valence-corrected chi connectivity index (χ2v) is 6.59. The Morgan fingerprint density at radius 1 is 1.08 bits per heavy atom. The zero-order valence-electron chi connectivity index (χ0n) is 15.2. The van der Waals surface area contributed by atoms with E-state index in [9.17, 15) is 9.18 Å². The summed E-state index contributed by atoms with van der Waals surface area (Å²) in [5.74, 6) is 0.575. The SMILES string of the molecule is COc1cccc(CCN2CCN(C(=O)Cc3ccccc3F)CC2)c1. The van der Waals surface area contributed by atoms with Crippen molar-refractivity contribution >= 4 is 5.91 Å². The highest BCUT2D eigenvalue weighted by Gasteiger charge is 2.21. The molecule has 1 fully saturated rings. The Morgan fingerprint density at radius 3 is 2.58 bits per heavy atom. The van der Waals surface area contributed by atoms with Crippen LogP contribution in [-0.4, -0.2) is 55.5 Å². The van der Waals surface area contributed by atoms with E-state index < -0.39 is 0 Å². The molecule has 0 aliphatic carbocycles. The van der Waals surface area contributed by atoms with Crippen LogP contribution in [0, 0.1) is 5.82 Å². The zero-order valence-corrected chi connectivity index (χ0v) is 15.2. The maximum absolute atomic E-state index is 13.7. The summed E-state index contributed by atoms with van der Waals surface area (Å²) in [6, 6.07) is 14.6. The number of carbonyl (C=O) groups is 1. The molecule has 0 atom stereocenters. The number of piperazine rings is 1. The molecule has 0 aromatic heterocycles. The van der Waals surface area contributed by atoms with Gasteiger partial charge in [-0.2, -0.15) is 0 Å². The second kappa shape index (κ2) is 8.81. The summed E-state index contributed by atoms with van der Waals surface area (Å²) in [5, 5.41) is 0. The van der Waals surface area contributed by atoms with Crippen LogP contribution in [-0.2, 0) is 17.6 Å². The summed E-state index contributed by atoms with van der Waals surface area (Å²) in [5.41, 5.74) is 1.72. The molecule has 0 unspecified atom stereocenters. The van der Waals surface area contributed by atoms with Crippen molar-refractivity contribution in [3.8, 4) is 5.75 Å². The molecule has 4 nitrogen and oxygen atoms in total. The lowest BCUT2D eigenvalue weighted by Crippen LogP contribution is -2.49. The molecule has 1 amide bonds. The van der Waals surface area contributed by atoms with E-state index in [2.05, 4.69) is 17.0 Å². The fourth-order valence-corrected chi connectivity index (χ4v) is 3.25. The smallest absolute Gasteiger partial charge is 0.227 e. The molecule has 138 valence electrons. The first-order valence-electron chi connectivity index (χ1n) is 9.02. The van der Waals surface area contributed by atoms with Crippen LogP contribution < -0.4 is 4.74 Å². The highest BCUT2D eigenvalue weighted by molar-refractivity contribution is 5.79. The molecular weight excluding hydrogens is 331 g/mol. The van der Waals surface area contributed by atoms with Crippen LogP contribution in [0.1, 0.15) is 11.1 Å². The van der Waals surface area contributed by atoms with Gasteiger partial charge in [0.25, 0.3) is 0 Å². The van der Waals surface area contributed by atoms with Gasteiger partial charge >= 0.3 is 0 Å². The van der Waals surface area contributed by atoms with E-state index in [4.69, 9.17) is 4.74 Å². The van der Waals surface area contributed by atoms with Crippen LogP contribution in [0.5, 0.6) is 5.75 Å². The summed E-state index contributed by atoms with van der Waals surface area (Å²) < 4.78 is 19.0. The first-order valence-corrected chi connectivity index (χ1v) is 9.02. The molecule has 2 aromatic carbocycles. The van der Waals surface area contributed by atoms with Crippen molar-refractivity contribution < 1.29 is 13.9 Å². The minimum atomic E-state index is -0.308. The Hall–Kier alpha value is -2.40. The van der Waals surface area contributed by atoms with Gasteiger partial charge in [-0.15, -0.1) is 0 Å². The predicted octanol–water partition coefficient (Wildman–Crippen LogP) is 2.76. The number of hydrogen-bond acceptors (Lipinski definition) is 3. The van der Waals surface area contributed by atoms with Gasteiger partial charge in [-0.05, 0) is 35.7 Å². The number of ether oxygens (including phenoxy) is 1. The lowest BCUT2D eigenvalue weighted by atomic mass is 10.1. The monoisotopic (exact) mass is 356 g/mol. The molecule has 1 aliphatic heterocycles. The molecule has 0 radical (unpaired) electrons. The third-order valence-electron chi connectivity index (χ3n) is 4.88. The quantitative estimate of drug-likeness (QED) is 0.798. The first-order chi connectivity index (χ1) is 12.7. The predicted molar refractivity (Wildman–Crippen MR) is 99.8 cm³/mol. The van der Waals surface area contributed by atoms with Gasteiger partial charge in [-0.25, -0.2) is 4.39 Å². The summed E-state index contributed by atoms with van der Waals surface area (Å²) >= 11 is 0. The number of amides is 1. The van der Waals surface area contributed by atoms with Gasteiger partial charge in [0.1, 0.15) is 11.6 Å². The molecule has 1 heterocycles. The van der Waals surface area contributed by atoms with Crippen molar-refractivity contribution in [2.45, 2.75) is 12.8 Å². The van der Waals surface area contributed by atoms with Crippen LogP contribution in [0.15, 0.2) is 48.5 Å². The molecule has 1 saturated heterocycles. The zero-order chi connectivity index (χ0) is 18.4. The summed E-state index contributed by atoms with van der Waals surface area (Å²) in [7, 11) is 1.68. The van der Waals surface area contributed by atoms with Crippen molar-refractivity contribution in [1.29, 1.82) is 0 Å². The minimum Gasteiger partial charge on any atom is -0.497 e. The van der Waals surface area contributed by atoms with Crippen molar-refractivity contribution in [3.63, 3.8) is 0 Å². The number of hydrogen-bond donors (Lipinski definition) is 0. The summed E-state index contributed by atoms with van der Waals surface area (Å²) in [6.07, 6.45) is 1.09. The van der Waals surface area contributed by atoms with Gasteiger partial charge in [-0.3, -0.25) is 9.69 Å². The minimum absolute atomic E-state index is 0.00236. The van der Waals surface area contributed by atoms with E-state index in [1.807, 2.05) is 17.0 Å². The van der Waals surface area contributed by atoms with Gasteiger partial charge in [-0.1, -0.05) is 30.3 Å². The van der Waals surface area contributed by atoms with Gasteiger partial charge in [0.15, 0.2) is 0 Å². The number of rotatable bonds is 6. The Morgan fingerprint density at radius 2 is 1.85 bits per heavy atom. The van der Waals surface area contributed by atoms with Crippen LogP contribution >= 0.6 is 0 Å². The first kappa shape index (κ1) is 18.4. The summed E-state index contributed by atoms with van der Waals surface area (Å²) in [4.78, 5) is 16.6. The molecule has 3 rings (SSSR count). The Balaban J connectivity index is 1.45. The van der Waals surface area contributed by atoms with Gasteiger partial charge in [0.05, 0.1) is 13.5 Å². The van der Waals surface area contributed by atoms with Crippen molar-refractivity contribution in [1.82, 2.24) is 9.80 Å². The van der Waals surface area contributed by atoms with E-state index in [1.54, 1.807) is 25.3 Å². The van der Waals surface area contributed by atoms with Crippen molar-refractivity contribution in [2.24, 2.45) is 0 Å². The van der Waals surface area contributed by atoms with Crippen LogP contribution in [0.3, 0.4) is 0 Å². The molecule has 0 spiro atoms. The van der Waals surface area contributed by atoms with Crippen molar-refractivity contribution in [2.75, 3.05) is 39.8 Å². The van der Waals surface area contributed by atoms with E-state index >= 15 is 0 Å². The number of nitrogens with zero attached hydrogens (tertiary/aromatic N) is 2. The third-order valence-corrected chi connectivity index (χ3v) is 4.88. The standard InChI is InChI=1S/C21H25FN2O2/c1-26-19-7-4-5-17(15-19)9-10-23-11-13-24(14-12-23)21(25)16-18-6-2-3-8-20(18)22/h2-8,15H,9-14,16H2,1H3. The molecule has 2 aromatic rings. The number of methoxy groups -OCH3 is 1. The topological polar surface area (TPSA) is 32.8 Å². The average molecular weight is 356 g/mol. The lowest BCUT2D eigenvalue weighted by molar-refractivity contribution is -0.132. The fourth-order valence-electron chi connectivity index (χ4n) is 3.25. The highest BCUT2D eigenvalue weighted by Crippen LogP contribution is 2.14. The van der Waals surface area contributed by atoms with E-state index in [0.29, 0.717) is 18.7 Å². The maximum Gasteiger partial charge on any atom is 0.227 e. The Kier molecular flexibility index (Phi) is 6.23. The molecule has 0 saturated carbocycles. The van der Waals surface area contributed by atoms with Gasteiger partial charge in [0.2, 0.25) is 5.91 Å². The highest BCUT2D eigenvalue weighted by atomic mass is 19.1. The lowest BCUT2D eigenvalue weighted by Gasteiger charge is -2.34. The fraction of sp³-hybridized carbons (Fsp3) is 0.381. The molecule has 0 N–H and O–H groups in total. The van der Waals surface area contributed by atoms with Gasteiger partial charge in [0, 0.05) is 32.7 Å². The van der Waals surface area contributed by atoms with E-state index in [-0.39, 0.29) is 18.1 Å². The Bertz CT molecular complexity index is 742. The molecular formula is C21H25FN2O2. The normalized spacial score (nSPS) is 15.1. The average Bonchev–Trinajstić information content (AvgIpc) is 2.68. The molecule has 0 bridgehead atoms. The molecule has 5 heteroatoms. The largest absolute Gasteiger partial charge is 0.497 e. The van der Waals surface area contributed by atoms with Crippen LogP contribution in [0.4, 0.5) is 4.39 Å². The number of halogens is 1. The molecule has 26 heavy (non-hydrogen) atoms. The Labute approximate surface area is 154 Å². The van der Waals surface area contributed by atoms with E-state index in [1.165, 1.54) is 11.6 Å². The third kappa shape index (κ3) is 4.82.